The highest BCUT2D eigenvalue weighted by atomic mass is 16.6. The average molecular weight is 221 g/mol. The molecule has 0 aliphatic carbocycles. The number of esters is 1. The minimum absolute atomic E-state index is 0.315. The molecule has 0 saturated heterocycles. The van der Waals surface area contributed by atoms with Crippen molar-refractivity contribution in [2.24, 2.45) is 5.73 Å². The lowest BCUT2D eigenvalue weighted by molar-refractivity contribution is -0.125. The van der Waals surface area contributed by atoms with Crippen molar-refractivity contribution >= 4 is 12.3 Å². The van der Waals surface area contributed by atoms with E-state index in [9.17, 15) is 9.59 Å². The Morgan fingerprint density at radius 2 is 2.06 bits per heavy atom. The van der Waals surface area contributed by atoms with Crippen molar-refractivity contribution < 1.29 is 14.3 Å². The third kappa shape index (κ3) is 3.17. The number of rotatable bonds is 5. The number of ether oxygens (including phenoxy) is 1. The van der Waals surface area contributed by atoms with E-state index in [4.69, 9.17) is 10.5 Å². The molecule has 4 nitrogen and oxygen atoms in total. The highest BCUT2D eigenvalue weighted by molar-refractivity contribution is 5.90. The Hall–Kier alpha value is -1.68. The molecule has 2 N–H and O–H groups in total. The molecular weight excluding hydrogens is 206 g/mol. The van der Waals surface area contributed by atoms with Gasteiger partial charge in [-0.3, -0.25) is 10.5 Å². The first-order chi connectivity index (χ1) is 7.61. The molecule has 1 aromatic carbocycles. The Morgan fingerprint density at radius 3 is 2.56 bits per heavy atom. The second-order valence-electron chi connectivity index (χ2n) is 3.58. The predicted molar refractivity (Wildman–Crippen MR) is 59.7 cm³/mol. The number of benzene rings is 1. The van der Waals surface area contributed by atoms with Crippen LogP contribution in [0.1, 0.15) is 30.1 Å². The molecule has 0 bridgehead atoms. The third-order valence-corrected chi connectivity index (χ3v) is 2.13. The molecule has 1 unspecified atom stereocenters. The number of carbonyl (C=O) groups excluding carboxylic acids is 2. The van der Waals surface area contributed by atoms with Crippen LogP contribution in [-0.2, 0) is 9.53 Å². The second-order valence-corrected chi connectivity index (χ2v) is 3.58. The molecule has 1 rings (SSSR count). The van der Waals surface area contributed by atoms with Crippen LogP contribution < -0.4 is 5.73 Å². The molecule has 0 fully saturated rings. The Labute approximate surface area is 94.4 Å². The summed E-state index contributed by atoms with van der Waals surface area (Å²) in [5.74, 6) is -0.580. The molecule has 0 spiro atoms. The van der Waals surface area contributed by atoms with Crippen LogP contribution in [-0.4, -0.2) is 18.0 Å². The first-order valence-electron chi connectivity index (χ1n) is 5.15. The Kier molecular flexibility index (Phi) is 4.19. The lowest BCUT2D eigenvalue weighted by atomic mass is 10.1. The Bertz CT molecular complexity index is 364. The maximum atomic E-state index is 11.6. The fourth-order valence-corrected chi connectivity index (χ4v) is 1.33. The maximum Gasteiger partial charge on any atom is 0.340 e. The lowest BCUT2D eigenvalue weighted by Gasteiger charge is -2.22. The van der Waals surface area contributed by atoms with Crippen molar-refractivity contribution in [3.8, 4) is 0 Å². The highest BCUT2D eigenvalue weighted by Crippen LogP contribution is 2.12. The highest BCUT2D eigenvalue weighted by Gasteiger charge is 2.28. The van der Waals surface area contributed by atoms with E-state index in [0.717, 1.165) is 0 Å². The summed E-state index contributed by atoms with van der Waals surface area (Å²) in [6, 6.07) is 8.45. The summed E-state index contributed by atoms with van der Waals surface area (Å²) < 4.78 is 4.98. The molecule has 16 heavy (non-hydrogen) atoms. The van der Waals surface area contributed by atoms with E-state index in [1.165, 1.54) is 0 Å². The van der Waals surface area contributed by atoms with E-state index < -0.39 is 11.7 Å². The zero-order chi connectivity index (χ0) is 12.0. The Balaban J connectivity index is 2.73. The topological polar surface area (TPSA) is 69.4 Å². The van der Waals surface area contributed by atoms with Gasteiger partial charge in [0, 0.05) is 6.42 Å². The number of carbonyl (C=O) groups is 2. The molecule has 1 atom stereocenters. The van der Waals surface area contributed by atoms with Crippen molar-refractivity contribution in [3.63, 3.8) is 0 Å². The standard InChI is InChI=1S/C12H15NO3/c1-2-8-12(13,9-14)16-11(15)10-6-4-3-5-7-10/h3-7,9H,2,8,13H2,1H3. The molecule has 0 aromatic heterocycles. The van der Waals surface area contributed by atoms with Crippen molar-refractivity contribution in [3.05, 3.63) is 35.9 Å². The molecule has 0 heterocycles. The number of aldehydes is 1. The predicted octanol–water partition coefficient (Wildman–Crippen LogP) is 1.50. The molecule has 0 saturated carbocycles. The van der Waals surface area contributed by atoms with Gasteiger partial charge in [-0.1, -0.05) is 31.5 Å². The van der Waals surface area contributed by atoms with Crippen LogP contribution in [0, 0.1) is 0 Å². The van der Waals surface area contributed by atoms with Crippen molar-refractivity contribution in [1.29, 1.82) is 0 Å². The van der Waals surface area contributed by atoms with Gasteiger partial charge < -0.3 is 4.74 Å². The van der Waals surface area contributed by atoms with Crippen LogP contribution in [0.25, 0.3) is 0 Å². The van der Waals surface area contributed by atoms with Gasteiger partial charge in [-0.15, -0.1) is 0 Å². The van der Waals surface area contributed by atoms with Gasteiger partial charge >= 0.3 is 5.97 Å². The Morgan fingerprint density at radius 1 is 1.44 bits per heavy atom. The fraction of sp³-hybridized carbons (Fsp3) is 0.333. The summed E-state index contributed by atoms with van der Waals surface area (Å²) in [6.45, 7) is 1.86. The van der Waals surface area contributed by atoms with Crippen LogP contribution >= 0.6 is 0 Å². The van der Waals surface area contributed by atoms with E-state index in [-0.39, 0.29) is 0 Å². The number of hydrogen-bond acceptors (Lipinski definition) is 4. The number of nitrogens with two attached hydrogens (primary N) is 1. The van der Waals surface area contributed by atoms with Gasteiger partial charge in [-0.05, 0) is 12.1 Å². The molecule has 1 aromatic rings. The molecule has 0 amide bonds. The first kappa shape index (κ1) is 12.4. The zero-order valence-corrected chi connectivity index (χ0v) is 9.18. The molecule has 0 radical (unpaired) electrons. The third-order valence-electron chi connectivity index (χ3n) is 2.13. The van der Waals surface area contributed by atoms with Gasteiger partial charge in [0.25, 0.3) is 0 Å². The summed E-state index contributed by atoms with van der Waals surface area (Å²) in [6.07, 6.45) is 1.45. The van der Waals surface area contributed by atoms with E-state index in [0.29, 0.717) is 24.7 Å². The molecular formula is C12H15NO3. The molecule has 86 valence electrons. The molecule has 0 aliphatic heterocycles. The smallest absolute Gasteiger partial charge is 0.340 e. The van der Waals surface area contributed by atoms with Crippen LogP contribution in [0.2, 0.25) is 0 Å². The van der Waals surface area contributed by atoms with Gasteiger partial charge in [0.15, 0.2) is 6.29 Å². The summed E-state index contributed by atoms with van der Waals surface area (Å²) in [4.78, 5) is 22.4. The van der Waals surface area contributed by atoms with Gasteiger partial charge in [-0.25, -0.2) is 4.79 Å². The first-order valence-corrected chi connectivity index (χ1v) is 5.15. The van der Waals surface area contributed by atoms with E-state index in [2.05, 4.69) is 0 Å². The fourth-order valence-electron chi connectivity index (χ4n) is 1.33. The van der Waals surface area contributed by atoms with Gasteiger partial charge in [-0.2, -0.15) is 0 Å². The molecule has 0 aliphatic rings. The summed E-state index contributed by atoms with van der Waals surface area (Å²) in [7, 11) is 0. The summed E-state index contributed by atoms with van der Waals surface area (Å²) in [5.41, 5.74) is 4.51. The minimum atomic E-state index is -1.51. The van der Waals surface area contributed by atoms with Crippen LogP contribution in [0.15, 0.2) is 30.3 Å². The largest absolute Gasteiger partial charge is 0.433 e. The monoisotopic (exact) mass is 221 g/mol. The number of hydrogen-bond donors (Lipinski definition) is 1. The normalized spacial score (nSPS) is 13.9. The zero-order valence-electron chi connectivity index (χ0n) is 9.18. The quantitative estimate of drug-likeness (QED) is 0.464. The van der Waals surface area contributed by atoms with Crippen molar-refractivity contribution in [1.82, 2.24) is 0 Å². The van der Waals surface area contributed by atoms with Gasteiger partial charge in [0.2, 0.25) is 5.72 Å². The second kappa shape index (κ2) is 5.42. The summed E-state index contributed by atoms with van der Waals surface area (Å²) in [5, 5.41) is 0. The lowest BCUT2D eigenvalue weighted by Crippen LogP contribution is -2.46. The SMILES string of the molecule is CCCC(N)(C=O)OC(=O)c1ccccc1. The minimum Gasteiger partial charge on any atom is -0.433 e. The van der Waals surface area contributed by atoms with Crippen LogP contribution in [0.3, 0.4) is 0 Å². The summed E-state index contributed by atoms with van der Waals surface area (Å²) >= 11 is 0. The average Bonchev–Trinajstić information content (AvgIpc) is 2.30. The maximum absolute atomic E-state index is 11.6. The van der Waals surface area contributed by atoms with Crippen molar-refractivity contribution in [2.75, 3.05) is 0 Å². The van der Waals surface area contributed by atoms with E-state index >= 15 is 0 Å². The van der Waals surface area contributed by atoms with Crippen LogP contribution in [0.5, 0.6) is 0 Å². The van der Waals surface area contributed by atoms with Crippen molar-refractivity contribution in [2.45, 2.75) is 25.5 Å². The van der Waals surface area contributed by atoms with Gasteiger partial charge in [0.1, 0.15) is 0 Å². The molecule has 4 heteroatoms. The van der Waals surface area contributed by atoms with E-state index in [1.54, 1.807) is 30.3 Å². The van der Waals surface area contributed by atoms with Gasteiger partial charge in [0.05, 0.1) is 5.56 Å². The van der Waals surface area contributed by atoms with Crippen LogP contribution in [0.4, 0.5) is 0 Å². The van der Waals surface area contributed by atoms with E-state index in [1.807, 2.05) is 6.92 Å².